The molecule has 0 radical (unpaired) electrons. The number of methoxy groups -OCH3 is 1. The van der Waals surface area contributed by atoms with Crippen molar-refractivity contribution >= 4 is 34.7 Å². The second kappa shape index (κ2) is 7.11. The molecule has 0 aliphatic rings. The normalized spacial score (nSPS) is 10.1. The number of anilines is 2. The third kappa shape index (κ3) is 3.43. The van der Waals surface area contributed by atoms with Crippen LogP contribution in [0.2, 0.25) is 5.02 Å². The van der Waals surface area contributed by atoms with Crippen LogP contribution in [0.1, 0.15) is 22.8 Å². The lowest BCUT2D eigenvalue weighted by molar-refractivity contribution is 0.102. The number of para-hydroxylation sites is 2. The maximum absolute atomic E-state index is 12.5. The molecule has 0 fully saturated rings. The number of halogens is 1. The Bertz CT molecular complexity index is 762. The Labute approximate surface area is 139 Å². The fourth-order valence-electron chi connectivity index (χ4n) is 2.12. The molecule has 23 heavy (non-hydrogen) atoms. The molecule has 1 aromatic heterocycles. The van der Waals surface area contributed by atoms with Gasteiger partial charge in [0.15, 0.2) is 0 Å². The van der Waals surface area contributed by atoms with Crippen molar-refractivity contribution in [1.82, 2.24) is 4.98 Å². The zero-order valence-corrected chi connectivity index (χ0v) is 13.8. The number of amides is 1. The van der Waals surface area contributed by atoms with Crippen LogP contribution < -0.4 is 15.4 Å². The van der Waals surface area contributed by atoms with Crippen LogP contribution in [-0.4, -0.2) is 30.8 Å². The second-order valence-electron chi connectivity index (χ2n) is 4.74. The lowest BCUT2D eigenvalue weighted by Gasteiger charge is -2.14. The Morgan fingerprint density at radius 2 is 2.04 bits per heavy atom. The van der Waals surface area contributed by atoms with Gasteiger partial charge in [0.1, 0.15) is 11.6 Å². The van der Waals surface area contributed by atoms with Crippen LogP contribution in [0, 0.1) is 5.41 Å². The molecular formula is C16H17ClN4O2. The summed E-state index contributed by atoms with van der Waals surface area (Å²) in [6, 6.07) is 7.06. The van der Waals surface area contributed by atoms with E-state index in [1.807, 2.05) is 0 Å². The first-order valence-electron chi connectivity index (χ1n) is 6.85. The number of nitrogens with one attached hydrogen (secondary N) is 3. The second-order valence-corrected chi connectivity index (χ2v) is 5.12. The molecule has 2 aromatic rings. The minimum Gasteiger partial charge on any atom is -0.495 e. The highest BCUT2D eigenvalue weighted by Gasteiger charge is 2.19. The fourth-order valence-corrected chi connectivity index (χ4v) is 2.48. The van der Waals surface area contributed by atoms with Crippen molar-refractivity contribution in [3.05, 3.63) is 46.6 Å². The van der Waals surface area contributed by atoms with Gasteiger partial charge in [0, 0.05) is 19.0 Å². The third-order valence-electron chi connectivity index (χ3n) is 3.23. The van der Waals surface area contributed by atoms with E-state index in [4.69, 9.17) is 21.7 Å². The number of rotatable bonds is 5. The summed E-state index contributed by atoms with van der Waals surface area (Å²) in [5.41, 5.74) is 1.35. The minimum absolute atomic E-state index is 0.184. The van der Waals surface area contributed by atoms with Gasteiger partial charge in [-0.1, -0.05) is 23.7 Å². The smallest absolute Gasteiger partial charge is 0.258 e. The molecule has 3 N–H and O–H groups in total. The van der Waals surface area contributed by atoms with Crippen molar-refractivity contribution in [2.45, 2.75) is 6.92 Å². The maximum Gasteiger partial charge on any atom is 0.258 e. The molecule has 0 saturated carbocycles. The summed E-state index contributed by atoms with van der Waals surface area (Å²) in [6.45, 7) is 1.59. The monoisotopic (exact) mass is 332 g/mol. The number of nitrogens with zero attached hydrogens (tertiary/aromatic N) is 1. The molecule has 0 bridgehead atoms. The van der Waals surface area contributed by atoms with Gasteiger partial charge in [0.2, 0.25) is 0 Å². The summed E-state index contributed by atoms with van der Waals surface area (Å²) in [7, 11) is 3.21. The number of pyridine rings is 1. The highest BCUT2D eigenvalue weighted by Crippen LogP contribution is 2.29. The molecule has 1 heterocycles. The summed E-state index contributed by atoms with van der Waals surface area (Å²) >= 11 is 6.31. The third-order valence-corrected chi connectivity index (χ3v) is 3.62. The van der Waals surface area contributed by atoms with E-state index < -0.39 is 5.91 Å². The number of hydrogen-bond donors (Lipinski definition) is 3. The lowest BCUT2D eigenvalue weighted by atomic mass is 10.1. The zero-order valence-electron chi connectivity index (χ0n) is 13.0. The van der Waals surface area contributed by atoms with Crippen LogP contribution in [0.3, 0.4) is 0 Å². The van der Waals surface area contributed by atoms with E-state index in [0.717, 1.165) is 0 Å². The van der Waals surface area contributed by atoms with E-state index in [0.29, 0.717) is 22.8 Å². The van der Waals surface area contributed by atoms with Crippen LogP contribution >= 0.6 is 11.6 Å². The summed E-state index contributed by atoms with van der Waals surface area (Å²) in [5, 5.41) is 13.6. The van der Waals surface area contributed by atoms with Crippen molar-refractivity contribution in [3.63, 3.8) is 0 Å². The molecule has 0 unspecified atom stereocenters. The average molecular weight is 333 g/mol. The molecule has 0 saturated heterocycles. The molecule has 0 atom stereocenters. The quantitative estimate of drug-likeness (QED) is 0.732. The number of aromatic nitrogens is 1. The van der Waals surface area contributed by atoms with Crippen LogP contribution in [0.5, 0.6) is 5.75 Å². The summed E-state index contributed by atoms with van der Waals surface area (Å²) in [5.74, 6) is 0.578. The van der Waals surface area contributed by atoms with Gasteiger partial charge in [-0.25, -0.2) is 4.98 Å². The summed E-state index contributed by atoms with van der Waals surface area (Å²) < 4.78 is 5.20. The zero-order chi connectivity index (χ0) is 17.0. The van der Waals surface area contributed by atoms with Crippen molar-refractivity contribution < 1.29 is 9.53 Å². The summed E-state index contributed by atoms with van der Waals surface area (Å²) in [4.78, 5) is 16.7. The Balaban J connectivity index is 2.40. The average Bonchev–Trinajstić information content (AvgIpc) is 2.54. The van der Waals surface area contributed by atoms with Gasteiger partial charge < -0.3 is 20.8 Å². The Kier molecular flexibility index (Phi) is 5.18. The van der Waals surface area contributed by atoms with Gasteiger partial charge >= 0.3 is 0 Å². The minimum atomic E-state index is -0.419. The van der Waals surface area contributed by atoms with Crippen molar-refractivity contribution in [2.24, 2.45) is 0 Å². The largest absolute Gasteiger partial charge is 0.495 e. The van der Waals surface area contributed by atoms with Gasteiger partial charge in [0.05, 0.1) is 28.9 Å². The fraction of sp³-hybridized carbons (Fsp3) is 0.188. The lowest BCUT2D eigenvalue weighted by Crippen LogP contribution is -2.16. The predicted octanol–water partition coefficient (Wildman–Crippen LogP) is 3.43. The van der Waals surface area contributed by atoms with Gasteiger partial charge in [-0.15, -0.1) is 0 Å². The van der Waals surface area contributed by atoms with Gasteiger partial charge in [-0.05, 0) is 19.1 Å². The van der Waals surface area contributed by atoms with Crippen LogP contribution in [0.4, 0.5) is 11.5 Å². The highest BCUT2D eigenvalue weighted by molar-refractivity contribution is 6.38. The first-order valence-corrected chi connectivity index (χ1v) is 7.23. The molecule has 6 nitrogen and oxygen atoms in total. The van der Waals surface area contributed by atoms with E-state index >= 15 is 0 Å². The number of ether oxygens (including phenoxy) is 1. The van der Waals surface area contributed by atoms with Crippen LogP contribution in [-0.2, 0) is 0 Å². The first kappa shape index (κ1) is 16.8. The number of hydrogen-bond acceptors (Lipinski definition) is 5. The van der Waals surface area contributed by atoms with Gasteiger partial charge in [0.25, 0.3) is 5.91 Å². The van der Waals surface area contributed by atoms with E-state index in [9.17, 15) is 4.79 Å². The van der Waals surface area contributed by atoms with Crippen LogP contribution in [0.25, 0.3) is 0 Å². The van der Waals surface area contributed by atoms with Crippen molar-refractivity contribution in [3.8, 4) is 5.75 Å². The molecule has 120 valence electrons. The first-order chi connectivity index (χ1) is 11.0. The highest BCUT2D eigenvalue weighted by atomic mass is 35.5. The molecular weight excluding hydrogens is 316 g/mol. The Morgan fingerprint density at radius 3 is 2.65 bits per heavy atom. The SMILES string of the molecule is CNc1ncc(C(=O)Nc2ccccc2OC)c(Cl)c1C(C)=N. The number of benzene rings is 1. The molecule has 2 rings (SSSR count). The standard InChI is InChI=1S/C16H17ClN4O2/c1-9(18)13-14(17)10(8-20-15(13)19-2)16(22)21-11-6-4-5-7-12(11)23-3/h4-8,18H,1-3H3,(H,19,20)(H,21,22). The van der Waals surface area contributed by atoms with E-state index in [1.165, 1.54) is 13.3 Å². The van der Waals surface area contributed by atoms with E-state index in [2.05, 4.69) is 15.6 Å². The summed E-state index contributed by atoms with van der Waals surface area (Å²) in [6.07, 6.45) is 1.38. The Morgan fingerprint density at radius 1 is 1.35 bits per heavy atom. The molecule has 1 aromatic carbocycles. The molecule has 0 aliphatic heterocycles. The topological polar surface area (TPSA) is 87.1 Å². The molecule has 1 amide bonds. The van der Waals surface area contributed by atoms with E-state index in [-0.39, 0.29) is 16.3 Å². The van der Waals surface area contributed by atoms with E-state index in [1.54, 1.807) is 38.2 Å². The van der Waals surface area contributed by atoms with Gasteiger partial charge in [-0.2, -0.15) is 0 Å². The number of carbonyl (C=O) groups excluding carboxylic acids is 1. The van der Waals surface area contributed by atoms with Gasteiger partial charge in [-0.3, -0.25) is 4.79 Å². The number of carbonyl (C=O) groups is 1. The maximum atomic E-state index is 12.5. The molecule has 0 spiro atoms. The Hall–Kier alpha value is -2.60. The van der Waals surface area contributed by atoms with Crippen molar-refractivity contribution in [2.75, 3.05) is 24.8 Å². The van der Waals surface area contributed by atoms with Crippen molar-refractivity contribution in [1.29, 1.82) is 5.41 Å². The molecule has 7 heteroatoms. The predicted molar refractivity (Wildman–Crippen MR) is 92.2 cm³/mol. The van der Waals surface area contributed by atoms with Crippen LogP contribution in [0.15, 0.2) is 30.5 Å². The molecule has 0 aliphatic carbocycles.